The number of nitrogens with zero attached hydrogens (tertiary/aromatic N) is 5. The molecule has 174 valence electrons. The summed E-state index contributed by atoms with van der Waals surface area (Å²) in [4.78, 5) is 37.5. The van der Waals surface area contributed by atoms with E-state index < -0.39 is 11.9 Å². The molecule has 4 aromatic rings. The van der Waals surface area contributed by atoms with Gasteiger partial charge in [0.05, 0.1) is 37.3 Å². The molecule has 0 aliphatic carbocycles. The van der Waals surface area contributed by atoms with Crippen LogP contribution in [0.25, 0.3) is 0 Å². The molecule has 4 rings (SSSR count). The van der Waals surface area contributed by atoms with Crippen LogP contribution in [0.3, 0.4) is 0 Å². The fourth-order valence-corrected chi connectivity index (χ4v) is 2.95. The second-order valence-corrected chi connectivity index (χ2v) is 7.33. The van der Waals surface area contributed by atoms with Crippen LogP contribution in [-0.4, -0.2) is 43.1 Å². The van der Waals surface area contributed by atoms with Crippen molar-refractivity contribution in [1.29, 1.82) is 0 Å². The summed E-state index contributed by atoms with van der Waals surface area (Å²) in [5, 5.41) is 2.73. The molecule has 0 atom stereocenters. The van der Waals surface area contributed by atoms with Crippen LogP contribution in [0.1, 0.15) is 26.7 Å². The van der Waals surface area contributed by atoms with Crippen LogP contribution in [0.5, 0.6) is 17.2 Å². The molecule has 0 spiro atoms. The second kappa shape index (κ2) is 9.86. The van der Waals surface area contributed by atoms with E-state index in [9.17, 15) is 9.59 Å². The number of ether oxygens (including phenoxy) is 3. The minimum atomic E-state index is -0.662. The van der Waals surface area contributed by atoms with Gasteiger partial charge in [-0.2, -0.15) is 0 Å². The van der Waals surface area contributed by atoms with Gasteiger partial charge in [0.1, 0.15) is 23.8 Å². The molecule has 0 bridgehead atoms. The van der Waals surface area contributed by atoms with E-state index in [4.69, 9.17) is 14.2 Å². The third kappa shape index (κ3) is 5.38. The summed E-state index contributed by atoms with van der Waals surface area (Å²) in [7, 11) is 5.06. The Balaban J connectivity index is 1.55. The molecule has 11 nitrogen and oxygen atoms in total. The number of esters is 1. The number of amides is 1. The molecule has 0 unspecified atom stereocenters. The molecule has 1 amide bonds. The summed E-state index contributed by atoms with van der Waals surface area (Å²) >= 11 is 0. The average molecular weight is 462 g/mol. The number of imidazole rings is 2. The van der Waals surface area contributed by atoms with Gasteiger partial charge in [-0.05, 0) is 24.3 Å². The summed E-state index contributed by atoms with van der Waals surface area (Å²) < 4.78 is 19.7. The van der Waals surface area contributed by atoms with Crippen molar-refractivity contribution < 1.29 is 23.8 Å². The number of benzene rings is 1. The van der Waals surface area contributed by atoms with Crippen molar-refractivity contribution in [2.24, 2.45) is 14.1 Å². The maximum absolute atomic E-state index is 12.7. The largest absolute Gasteiger partial charge is 0.495 e. The Kier molecular flexibility index (Phi) is 6.53. The molecule has 3 aromatic heterocycles. The van der Waals surface area contributed by atoms with E-state index in [0.717, 1.165) is 0 Å². The molecule has 34 heavy (non-hydrogen) atoms. The zero-order valence-electron chi connectivity index (χ0n) is 18.8. The fraction of sp³-hybridized carbons (Fsp3) is 0.174. The van der Waals surface area contributed by atoms with Gasteiger partial charge in [0, 0.05) is 32.6 Å². The van der Waals surface area contributed by atoms with Crippen molar-refractivity contribution in [3.05, 3.63) is 78.7 Å². The van der Waals surface area contributed by atoms with Crippen molar-refractivity contribution in [3.8, 4) is 17.2 Å². The first kappa shape index (κ1) is 22.5. The number of aromatic nitrogens is 5. The third-order valence-electron chi connectivity index (χ3n) is 4.67. The molecular weight excluding hydrogens is 440 g/mol. The number of rotatable bonds is 8. The van der Waals surface area contributed by atoms with E-state index in [-0.39, 0.29) is 29.4 Å². The zero-order chi connectivity index (χ0) is 24.1. The van der Waals surface area contributed by atoms with Crippen LogP contribution in [0.15, 0.2) is 61.6 Å². The first-order valence-corrected chi connectivity index (χ1v) is 10.2. The lowest BCUT2D eigenvalue weighted by molar-refractivity contribution is 0.0729. The standard InChI is InChI=1S/C23H22N6O5/c1-28-10-19(25-13-28)22(30)27-18-8-16(33-12-15-4-5-17(32-3)9-24-15)6-7-21(18)34-23(31)20-11-29(2)14-26-20/h4-11,13-14H,12H2,1-3H3,(H,27,30). The van der Waals surface area contributed by atoms with Crippen LogP contribution in [0, 0.1) is 0 Å². The van der Waals surface area contributed by atoms with Gasteiger partial charge in [-0.1, -0.05) is 0 Å². The number of anilines is 1. The van der Waals surface area contributed by atoms with E-state index in [2.05, 4.69) is 20.3 Å². The first-order chi connectivity index (χ1) is 16.4. The minimum absolute atomic E-state index is 0.134. The number of hydrogen-bond acceptors (Lipinski definition) is 8. The van der Waals surface area contributed by atoms with Gasteiger partial charge < -0.3 is 28.7 Å². The maximum Gasteiger partial charge on any atom is 0.363 e. The highest BCUT2D eigenvalue weighted by atomic mass is 16.5. The number of pyridine rings is 1. The topological polar surface area (TPSA) is 122 Å². The number of aryl methyl sites for hydroxylation is 2. The monoisotopic (exact) mass is 462 g/mol. The van der Waals surface area contributed by atoms with Crippen molar-refractivity contribution in [1.82, 2.24) is 24.1 Å². The molecule has 0 saturated carbocycles. The normalized spacial score (nSPS) is 10.6. The predicted molar refractivity (Wildman–Crippen MR) is 121 cm³/mol. The average Bonchev–Trinajstić information content (AvgIpc) is 3.47. The fourth-order valence-electron chi connectivity index (χ4n) is 2.95. The van der Waals surface area contributed by atoms with Crippen molar-refractivity contribution in [2.75, 3.05) is 12.4 Å². The summed E-state index contributed by atoms with van der Waals surface area (Å²) in [5.74, 6) is 0.0820. The number of methoxy groups -OCH3 is 1. The van der Waals surface area contributed by atoms with Gasteiger partial charge in [0.25, 0.3) is 5.91 Å². The Hall–Kier alpha value is -4.67. The predicted octanol–water partition coefficient (Wildman–Crippen LogP) is 2.61. The minimum Gasteiger partial charge on any atom is -0.495 e. The van der Waals surface area contributed by atoms with E-state index in [1.807, 2.05) is 0 Å². The van der Waals surface area contributed by atoms with Crippen molar-refractivity contribution >= 4 is 17.6 Å². The van der Waals surface area contributed by atoms with Gasteiger partial charge in [-0.25, -0.2) is 14.8 Å². The second-order valence-electron chi connectivity index (χ2n) is 7.33. The summed E-state index contributed by atoms with van der Waals surface area (Å²) in [6.07, 6.45) is 7.71. The van der Waals surface area contributed by atoms with Gasteiger partial charge in [0.15, 0.2) is 11.4 Å². The zero-order valence-corrected chi connectivity index (χ0v) is 18.8. The molecule has 0 aliphatic rings. The molecule has 0 saturated heterocycles. The Labute approximate surface area is 195 Å². The molecular formula is C23H22N6O5. The lowest BCUT2D eigenvalue weighted by Crippen LogP contribution is -2.15. The van der Waals surface area contributed by atoms with Gasteiger partial charge >= 0.3 is 5.97 Å². The van der Waals surface area contributed by atoms with Gasteiger partial charge in [-0.15, -0.1) is 0 Å². The van der Waals surface area contributed by atoms with E-state index in [0.29, 0.717) is 17.2 Å². The van der Waals surface area contributed by atoms with Crippen LogP contribution >= 0.6 is 0 Å². The third-order valence-corrected chi connectivity index (χ3v) is 4.67. The van der Waals surface area contributed by atoms with Gasteiger partial charge in [0.2, 0.25) is 0 Å². The van der Waals surface area contributed by atoms with E-state index in [1.165, 1.54) is 24.9 Å². The number of hydrogen-bond donors (Lipinski definition) is 1. The van der Waals surface area contributed by atoms with Crippen LogP contribution in [0.2, 0.25) is 0 Å². The highest BCUT2D eigenvalue weighted by molar-refractivity contribution is 6.04. The SMILES string of the molecule is COc1ccc(COc2ccc(OC(=O)c3cn(C)cn3)c(NC(=O)c3cn(C)cn3)c2)nc1. The first-order valence-electron chi connectivity index (χ1n) is 10.2. The van der Waals surface area contributed by atoms with Crippen LogP contribution < -0.4 is 19.5 Å². The lowest BCUT2D eigenvalue weighted by atomic mass is 10.2. The Morgan fingerprint density at radius 1 is 0.941 bits per heavy atom. The smallest absolute Gasteiger partial charge is 0.363 e. The van der Waals surface area contributed by atoms with Crippen LogP contribution in [0.4, 0.5) is 5.69 Å². The van der Waals surface area contributed by atoms with Gasteiger partial charge in [-0.3, -0.25) is 9.78 Å². The summed E-state index contributed by atoms with van der Waals surface area (Å²) in [6, 6.07) is 8.29. The van der Waals surface area contributed by atoms with Crippen molar-refractivity contribution in [3.63, 3.8) is 0 Å². The van der Waals surface area contributed by atoms with E-state index in [1.54, 1.807) is 67.0 Å². The van der Waals surface area contributed by atoms with Crippen molar-refractivity contribution in [2.45, 2.75) is 6.61 Å². The molecule has 1 N–H and O–H groups in total. The molecule has 1 aromatic carbocycles. The summed E-state index contributed by atoms with van der Waals surface area (Å²) in [5.41, 5.74) is 1.26. The number of carbonyl (C=O) groups excluding carboxylic acids is 2. The van der Waals surface area contributed by atoms with E-state index >= 15 is 0 Å². The number of nitrogens with one attached hydrogen (secondary N) is 1. The van der Waals surface area contributed by atoms with Crippen LogP contribution in [-0.2, 0) is 20.7 Å². The summed E-state index contributed by atoms with van der Waals surface area (Å²) in [6.45, 7) is 0.185. The maximum atomic E-state index is 12.7. The molecule has 3 heterocycles. The molecule has 11 heteroatoms. The number of carbonyl (C=O) groups is 2. The molecule has 0 fully saturated rings. The highest BCUT2D eigenvalue weighted by Gasteiger charge is 2.18. The quantitative estimate of drug-likeness (QED) is 0.313. The lowest BCUT2D eigenvalue weighted by Gasteiger charge is -2.13. The Morgan fingerprint density at radius 2 is 1.65 bits per heavy atom. The Bertz CT molecular complexity index is 1310. The molecule has 0 radical (unpaired) electrons. The highest BCUT2D eigenvalue weighted by Crippen LogP contribution is 2.31. The molecule has 0 aliphatic heterocycles. The Morgan fingerprint density at radius 3 is 2.26 bits per heavy atom.